The highest BCUT2D eigenvalue weighted by Gasteiger charge is 2.44. The molecule has 4 N–H and O–H groups in total. The molecular formula is C20H26ClNO5S2. The molecule has 0 amide bonds. The summed E-state index contributed by atoms with van der Waals surface area (Å²) in [6.45, 7) is 1.71. The van der Waals surface area contributed by atoms with Crippen LogP contribution in [-0.4, -0.2) is 62.2 Å². The standard InChI is InChI=1S/C20H26ClNO5S2/c1-2-3-6-28-16-9-22-15(29-16)8-12-7-11(4-5-13(12)21)20-19(26)18(25)17(24)14(10-23)27-20/h4-5,7,9,14,17-20,23-26H,2-3,6,8,10H2,1H3/t14-,17-,18+,19-,20+/m1/s1. The van der Waals surface area contributed by atoms with Gasteiger partial charge >= 0.3 is 0 Å². The summed E-state index contributed by atoms with van der Waals surface area (Å²) in [6, 6.07) is 5.25. The van der Waals surface area contributed by atoms with E-state index in [1.165, 1.54) is 17.1 Å². The molecule has 5 atom stereocenters. The molecule has 0 aliphatic carbocycles. The third-order valence-electron chi connectivity index (χ3n) is 4.91. The van der Waals surface area contributed by atoms with Gasteiger partial charge < -0.3 is 25.2 Å². The molecule has 1 aliphatic heterocycles. The molecule has 0 radical (unpaired) electrons. The zero-order chi connectivity index (χ0) is 21.0. The predicted molar refractivity (Wildman–Crippen MR) is 115 cm³/mol. The molecule has 6 nitrogen and oxygen atoms in total. The largest absolute Gasteiger partial charge is 0.394 e. The molecule has 1 aliphatic rings. The van der Waals surface area contributed by atoms with Gasteiger partial charge in [0.2, 0.25) is 0 Å². The molecule has 0 saturated carbocycles. The van der Waals surface area contributed by atoms with Crippen LogP contribution in [0.1, 0.15) is 42.0 Å². The second-order valence-corrected chi connectivity index (χ2v) is 9.97. The molecular weight excluding hydrogens is 434 g/mol. The lowest BCUT2D eigenvalue weighted by Gasteiger charge is -2.40. The van der Waals surface area contributed by atoms with Gasteiger partial charge in [0, 0.05) is 11.4 Å². The van der Waals surface area contributed by atoms with Crippen molar-refractivity contribution in [3.63, 3.8) is 0 Å². The van der Waals surface area contributed by atoms with Crippen LogP contribution in [0.4, 0.5) is 0 Å². The Balaban J connectivity index is 1.76. The number of nitrogens with zero attached hydrogens (tertiary/aromatic N) is 1. The second-order valence-electron chi connectivity index (χ2n) is 7.05. The second kappa shape index (κ2) is 10.5. The lowest BCUT2D eigenvalue weighted by atomic mass is 9.90. The zero-order valence-electron chi connectivity index (χ0n) is 16.1. The Hall–Kier alpha value is -0.710. The lowest BCUT2D eigenvalue weighted by molar-refractivity contribution is -0.231. The molecule has 0 unspecified atom stereocenters. The van der Waals surface area contributed by atoms with Crippen molar-refractivity contribution >= 4 is 34.7 Å². The number of aliphatic hydroxyl groups excluding tert-OH is 4. The van der Waals surface area contributed by atoms with E-state index in [-0.39, 0.29) is 0 Å². The van der Waals surface area contributed by atoms with Gasteiger partial charge in [0.25, 0.3) is 0 Å². The Kier molecular flexibility index (Phi) is 8.35. The van der Waals surface area contributed by atoms with Gasteiger partial charge in [-0.05, 0) is 29.4 Å². The summed E-state index contributed by atoms with van der Waals surface area (Å²) < 4.78 is 6.83. The van der Waals surface area contributed by atoms with Crippen LogP contribution >= 0.6 is 34.7 Å². The van der Waals surface area contributed by atoms with E-state index in [4.69, 9.17) is 16.3 Å². The van der Waals surface area contributed by atoms with Crippen LogP contribution in [-0.2, 0) is 11.2 Å². The summed E-state index contributed by atoms with van der Waals surface area (Å²) in [5.74, 6) is 1.07. The molecule has 29 heavy (non-hydrogen) atoms. The van der Waals surface area contributed by atoms with Gasteiger partial charge in [0.05, 0.1) is 22.0 Å². The minimum absolute atomic E-state index is 0.459. The molecule has 160 valence electrons. The first-order valence-corrected chi connectivity index (χ1v) is 11.8. The van der Waals surface area contributed by atoms with E-state index in [0.717, 1.165) is 16.3 Å². The molecule has 9 heteroatoms. The predicted octanol–water partition coefficient (Wildman–Crippen LogP) is 2.79. The fourth-order valence-electron chi connectivity index (χ4n) is 3.21. The van der Waals surface area contributed by atoms with Crippen LogP contribution in [0.25, 0.3) is 0 Å². The number of benzene rings is 1. The van der Waals surface area contributed by atoms with Crippen LogP contribution in [0, 0.1) is 0 Å². The summed E-state index contributed by atoms with van der Waals surface area (Å²) in [4.78, 5) is 4.49. The molecule has 2 aromatic rings. The number of thioether (sulfide) groups is 1. The molecule has 1 fully saturated rings. The maximum atomic E-state index is 10.4. The van der Waals surface area contributed by atoms with Gasteiger partial charge in [-0.1, -0.05) is 37.1 Å². The first kappa shape index (κ1) is 23.0. The van der Waals surface area contributed by atoms with E-state index in [1.807, 2.05) is 12.3 Å². The minimum atomic E-state index is -1.41. The van der Waals surface area contributed by atoms with E-state index in [2.05, 4.69) is 11.9 Å². The average molecular weight is 460 g/mol. The van der Waals surface area contributed by atoms with Crippen molar-refractivity contribution < 1.29 is 25.2 Å². The Morgan fingerprint density at radius 3 is 2.72 bits per heavy atom. The normalized spacial score (nSPS) is 27.3. The third-order valence-corrected chi connectivity index (χ3v) is 7.55. The Morgan fingerprint density at radius 1 is 1.21 bits per heavy atom. The van der Waals surface area contributed by atoms with Crippen molar-refractivity contribution in [2.75, 3.05) is 12.4 Å². The first-order chi connectivity index (χ1) is 13.9. The summed E-state index contributed by atoms with van der Waals surface area (Å²) in [7, 11) is 0. The fourth-order valence-corrected chi connectivity index (χ4v) is 5.60. The number of rotatable bonds is 8. The van der Waals surface area contributed by atoms with Crippen molar-refractivity contribution in [1.82, 2.24) is 4.98 Å². The van der Waals surface area contributed by atoms with E-state index in [1.54, 1.807) is 35.2 Å². The van der Waals surface area contributed by atoms with Crippen molar-refractivity contribution in [1.29, 1.82) is 0 Å². The minimum Gasteiger partial charge on any atom is -0.394 e. The van der Waals surface area contributed by atoms with Gasteiger partial charge in [0.15, 0.2) is 0 Å². The van der Waals surface area contributed by atoms with Gasteiger partial charge in [-0.15, -0.1) is 23.1 Å². The SMILES string of the molecule is CCCCSc1cnc(Cc2cc([C@@H]3O[C@H](CO)[C@@H](O)[C@H](O)[C@H]3O)ccc2Cl)s1. The molecule has 1 aromatic heterocycles. The number of aromatic nitrogens is 1. The van der Waals surface area contributed by atoms with Gasteiger partial charge in [-0.2, -0.15) is 0 Å². The molecule has 0 bridgehead atoms. The Labute approximate surface area is 183 Å². The summed E-state index contributed by atoms with van der Waals surface area (Å²) >= 11 is 9.82. The van der Waals surface area contributed by atoms with E-state index in [9.17, 15) is 20.4 Å². The monoisotopic (exact) mass is 459 g/mol. The number of aliphatic hydroxyl groups is 4. The summed E-state index contributed by atoms with van der Waals surface area (Å²) in [5, 5.41) is 41.3. The van der Waals surface area contributed by atoms with Crippen molar-refractivity contribution in [2.45, 2.75) is 60.9 Å². The molecule has 1 aromatic carbocycles. The van der Waals surface area contributed by atoms with E-state index in [0.29, 0.717) is 17.0 Å². The highest BCUT2D eigenvalue weighted by molar-refractivity contribution is 8.01. The molecule has 1 saturated heterocycles. The fraction of sp³-hybridized carbons (Fsp3) is 0.550. The van der Waals surface area contributed by atoms with Crippen LogP contribution in [0.5, 0.6) is 0 Å². The van der Waals surface area contributed by atoms with Crippen molar-refractivity contribution in [3.8, 4) is 0 Å². The summed E-state index contributed by atoms with van der Waals surface area (Å²) in [6.07, 6.45) is -1.16. The topological polar surface area (TPSA) is 103 Å². The molecule has 3 rings (SSSR count). The zero-order valence-corrected chi connectivity index (χ0v) is 18.5. The number of ether oxygens (including phenoxy) is 1. The van der Waals surface area contributed by atoms with Gasteiger partial charge in [0.1, 0.15) is 30.5 Å². The Bertz CT molecular complexity index is 803. The average Bonchev–Trinajstić information content (AvgIpc) is 3.16. The number of hydrogen-bond acceptors (Lipinski definition) is 8. The Morgan fingerprint density at radius 2 is 2.00 bits per heavy atom. The maximum absolute atomic E-state index is 10.4. The van der Waals surface area contributed by atoms with Crippen molar-refractivity contribution in [2.24, 2.45) is 0 Å². The smallest absolute Gasteiger partial charge is 0.113 e. The van der Waals surface area contributed by atoms with Crippen LogP contribution < -0.4 is 0 Å². The van der Waals surface area contributed by atoms with E-state index >= 15 is 0 Å². The third kappa shape index (κ3) is 5.51. The van der Waals surface area contributed by atoms with Crippen LogP contribution in [0.15, 0.2) is 28.6 Å². The highest BCUT2D eigenvalue weighted by Crippen LogP contribution is 2.35. The summed E-state index contributed by atoms with van der Waals surface area (Å²) in [5.41, 5.74) is 1.45. The van der Waals surface area contributed by atoms with Crippen molar-refractivity contribution in [3.05, 3.63) is 45.6 Å². The van der Waals surface area contributed by atoms with E-state index < -0.39 is 37.1 Å². The van der Waals surface area contributed by atoms with Crippen LogP contribution in [0.2, 0.25) is 5.02 Å². The lowest BCUT2D eigenvalue weighted by Crippen LogP contribution is -2.55. The molecule has 0 spiro atoms. The first-order valence-electron chi connectivity index (χ1n) is 9.61. The van der Waals surface area contributed by atoms with Gasteiger partial charge in [-0.3, -0.25) is 0 Å². The number of halogens is 1. The number of thiazole rings is 1. The quantitative estimate of drug-likeness (QED) is 0.355. The maximum Gasteiger partial charge on any atom is 0.113 e. The van der Waals surface area contributed by atoms with Crippen LogP contribution in [0.3, 0.4) is 0 Å². The number of unbranched alkanes of at least 4 members (excludes halogenated alkanes) is 1. The highest BCUT2D eigenvalue weighted by atomic mass is 35.5. The number of hydrogen-bond donors (Lipinski definition) is 4. The van der Waals surface area contributed by atoms with Gasteiger partial charge in [-0.25, -0.2) is 4.98 Å². The molecule has 2 heterocycles.